The van der Waals surface area contributed by atoms with E-state index in [1.807, 2.05) is 36.4 Å². The zero-order valence-electron chi connectivity index (χ0n) is 16.2. The fraction of sp³-hybridized carbons (Fsp3) is 0.238. The van der Waals surface area contributed by atoms with Gasteiger partial charge in [-0.05, 0) is 37.7 Å². The van der Waals surface area contributed by atoms with Crippen LogP contribution in [-0.2, 0) is 6.54 Å². The van der Waals surface area contributed by atoms with E-state index in [0.717, 1.165) is 30.8 Å². The summed E-state index contributed by atoms with van der Waals surface area (Å²) < 4.78 is 0. The van der Waals surface area contributed by atoms with Crippen molar-refractivity contribution in [1.82, 2.24) is 20.4 Å². The Bertz CT molecular complexity index is 931. The van der Waals surface area contributed by atoms with E-state index in [2.05, 4.69) is 44.9 Å². The van der Waals surface area contributed by atoms with Gasteiger partial charge in [0.15, 0.2) is 0 Å². The third-order valence-electron chi connectivity index (χ3n) is 4.14. The predicted octanol–water partition coefficient (Wildman–Crippen LogP) is 3.04. The molecule has 0 saturated heterocycles. The number of hydrogen-bond donors (Lipinski definition) is 2. The molecule has 0 radical (unpaired) electrons. The first kappa shape index (κ1) is 20.6. The van der Waals surface area contributed by atoms with E-state index >= 15 is 0 Å². The number of amides is 2. The average Bonchev–Trinajstić information content (AvgIpc) is 3.23. The molecule has 0 saturated carbocycles. The van der Waals surface area contributed by atoms with Gasteiger partial charge in [-0.2, -0.15) is 0 Å². The van der Waals surface area contributed by atoms with Gasteiger partial charge in [0.05, 0.1) is 0 Å². The Morgan fingerprint density at radius 3 is 2.24 bits per heavy atom. The summed E-state index contributed by atoms with van der Waals surface area (Å²) >= 11 is 0.978. The summed E-state index contributed by atoms with van der Waals surface area (Å²) in [5, 5.41) is 13.6. The van der Waals surface area contributed by atoms with E-state index in [1.54, 1.807) is 12.1 Å². The Labute approximate surface area is 173 Å². The third kappa shape index (κ3) is 6.48. The topological polar surface area (TPSA) is 87.2 Å². The molecule has 3 rings (SSSR count). The molecule has 0 atom stereocenters. The van der Waals surface area contributed by atoms with Gasteiger partial charge in [-0.1, -0.05) is 59.9 Å². The van der Waals surface area contributed by atoms with Gasteiger partial charge in [-0.15, -0.1) is 10.2 Å². The molecule has 150 valence electrons. The lowest BCUT2D eigenvalue weighted by atomic mass is 10.2. The molecule has 29 heavy (non-hydrogen) atoms. The van der Waals surface area contributed by atoms with E-state index < -0.39 is 0 Å². The minimum atomic E-state index is -0.379. The molecule has 0 aliphatic carbocycles. The number of hydrogen-bond acceptors (Lipinski definition) is 6. The van der Waals surface area contributed by atoms with Crippen molar-refractivity contribution in [3.63, 3.8) is 0 Å². The van der Waals surface area contributed by atoms with Gasteiger partial charge in [0.2, 0.25) is 10.0 Å². The van der Waals surface area contributed by atoms with E-state index in [4.69, 9.17) is 0 Å². The summed E-state index contributed by atoms with van der Waals surface area (Å²) in [6.45, 7) is 2.25. The second-order valence-electron chi connectivity index (χ2n) is 6.57. The molecule has 0 bridgehead atoms. The second-order valence-corrected chi connectivity index (χ2v) is 7.54. The highest BCUT2D eigenvalue weighted by Gasteiger charge is 2.17. The normalized spacial score (nSPS) is 10.7. The first-order valence-corrected chi connectivity index (χ1v) is 10.1. The number of anilines is 1. The van der Waals surface area contributed by atoms with Crippen molar-refractivity contribution >= 4 is 28.8 Å². The SMILES string of the molecule is CN(CCCNC(=O)c1nnc(C(=O)Nc2ccccc2)s1)Cc1ccccc1. The molecule has 8 heteroatoms. The van der Waals surface area contributed by atoms with E-state index in [1.165, 1.54) is 5.56 Å². The van der Waals surface area contributed by atoms with Crippen LogP contribution in [0.3, 0.4) is 0 Å². The van der Waals surface area contributed by atoms with Gasteiger partial charge in [0, 0.05) is 18.8 Å². The van der Waals surface area contributed by atoms with Crippen LogP contribution in [0.15, 0.2) is 60.7 Å². The maximum atomic E-state index is 12.2. The van der Waals surface area contributed by atoms with Crippen molar-refractivity contribution in [2.24, 2.45) is 0 Å². The van der Waals surface area contributed by atoms with Crippen LogP contribution in [0.2, 0.25) is 0 Å². The number of rotatable bonds is 9. The summed E-state index contributed by atoms with van der Waals surface area (Å²) in [6.07, 6.45) is 0.815. The molecule has 7 nitrogen and oxygen atoms in total. The molecule has 0 fully saturated rings. The van der Waals surface area contributed by atoms with Crippen molar-refractivity contribution in [1.29, 1.82) is 0 Å². The highest BCUT2D eigenvalue weighted by molar-refractivity contribution is 7.15. The van der Waals surface area contributed by atoms with Crippen molar-refractivity contribution in [2.45, 2.75) is 13.0 Å². The maximum Gasteiger partial charge on any atom is 0.286 e. The van der Waals surface area contributed by atoms with Gasteiger partial charge in [0.1, 0.15) is 0 Å². The number of nitrogens with zero attached hydrogens (tertiary/aromatic N) is 3. The van der Waals surface area contributed by atoms with Crippen molar-refractivity contribution < 1.29 is 9.59 Å². The monoisotopic (exact) mass is 409 g/mol. The number of carbonyl (C=O) groups excluding carboxylic acids is 2. The van der Waals surface area contributed by atoms with Gasteiger partial charge in [-0.25, -0.2) is 0 Å². The fourth-order valence-electron chi connectivity index (χ4n) is 2.71. The second kappa shape index (κ2) is 10.4. The quantitative estimate of drug-likeness (QED) is 0.531. The number of nitrogens with one attached hydrogen (secondary N) is 2. The Morgan fingerprint density at radius 2 is 1.55 bits per heavy atom. The van der Waals surface area contributed by atoms with Crippen molar-refractivity contribution in [3.8, 4) is 0 Å². The molecular weight excluding hydrogens is 386 g/mol. The zero-order chi connectivity index (χ0) is 20.5. The molecule has 0 unspecified atom stereocenters. The Balaban J connectivity index is 1.40. The molecular formula is C21H23N5O2S. The predicted molar refractivity (Wildman–Crippen MR) is 114 cm³/mol. The Kier molecular flexibility index (Phi) is 7.43. The van der Waals surface area contributed by atoms with Crippen LogP contribution >= 0.6 is 11.3 Å². The van der Waals surface area contributed by atoms with Gasteiger partial charge < -0.3 is 15.5 Å². The molecule has 3 aromatic rings. The number of para-hydroxylation sites is 1. The average molecular weight is 410 g/mol. The third-order valence-corrected chi connectivity index (χ3v) is 5.06. The summed E-state index contributed by atoms with van der Waals surface area (Å²) in [7, 11) is 2.05. The summed E-state index contributed by atoms with van der Waals surface area (Å²) in [5.74, 6) is -0.692. The fourth-order valence-corrected chi connectivity index (χ4v) is 3.37. The molecule has 2 N–H and O–H groups in total. The van der Waals surface area contributed by atoms with Crippen LogP contribution in [0.4, 0.5) is 5.69 Å². The lowest BCUT2D eigenvalue weighted by Gasteiger charge is -2.16. The van der Waals surface area contributed by atoms with Gasteiger partial charge >= 0.3 is 0 Å². The van der Waals surface area contributed by atoms with Crippen LogP contribution in [0, 0.1) is 0 Å². The molecule has 1 heterocycles. The molecule has 0 aliphatic rings. The highest BCUT2D eigenvalue weighted by atomic mass is 32.1. The van der Waals surface area contributed by atoms with E-state index in [9.17, 15) is 9.59 Å². The number of benzene rings is 2. The number of aromatic nitrogens is 2. The molecule has 0 spiro atoms. The van der Waals surface area contributed by atoms with Crippen LogP contribution in [0.1, 0.15) is 31.6 Å². The largest absolute Gasteiger partial charge is 0.350 e. The van der Waals surface area contributed by atoms with Crippen LogP contribution in [0.5, 0.6) is 0 Å². The first-order chi connectivity index (χ1) is 14.1. The Hall–Kier alpha value is -3.10. The van der Waals surface area contributed by atoms with Gasteiger partial charge in [-0.3, -0.25) is 9.59 Å². The van der Waals surface area contributed by atoms with Crippen LogP contribution < -0.4 is 10.6 Å². The summed E-state index contributed by atoms with van der Waals surface area (Å²) in [4.78, 5) is 26.6. The minimum absolute atomic E-state index is 0.154. The summed E-state index contributed by atoms with van der Waals surface area (Å²) in [5.41, 5.74) is 1.92. The first-order valence-electron chi connectivity index (χ1n) is 9.32. The van der Waals surface area contributed by atoms with Gasteiger partial charge in [0.25, 0.3) is 11.8 Å². The standard InChI is InChI=1S/C21H23N5O2S/c1-26(15-16-9-4-2-5-10-16)14-8-13-22-18(27)20-24-25-21(29-20)19(28)23-17-11-6-3-7-12-17/h2-7,9-12H,8,13-15H2,1H3,(H,22,27)(H,23,28). The molecule has 2 amide bonds. The highest BCUT2D eigenvalue weighted by Crippen LogP contribution is 2.13. The van der Waals surface area contributed by atoms with Crippen LogP contribution in [0.25, 0.3) is 0 Å². The zero-order valence-corrected chi connectivity index (χ0v) is 17.0. The smallest absolute Gasteiger partial charge is 0.286 e. The lowest BCUT2D eigenvalue weighted by molar-refractivity contribution is 0.0949. The Morgan fingerprint density at radius 1 is 0.931 bits per heavy atom. The minimum Gasteiger partial charge on any atom is -0.350 e. The number of carbonyl (C=O) groups is 2. The van der Waals surface area contributed by atoms with E-state index in [-0.39, 0.29) is 21.8 Å². The molecule has 2 aromatic carbocycles. The molecule has 1 aromatic heterocycles. The molecule has 0 aliphatic heterocycles. The van der Waals surface area contributed by atoms with Crippen LogP contribution in [-0.4, -0.2) is 47.0 Å². The maximum absolute atomic E-state index is 12.2. The van der Waals surface area contributed by atoms with Crippen molar-refractivity contribution in [2.75, 3.05) is 25.5 Å². The van der Waals surface area contributed by atoms with E-state index in [0.29, 0.717) is 12.2 Å². The summed E-state index contributed by atoms with van der Waals surface area (Å²) in [6, 6.07) is 19.3. The lowest BCUT2D eigenvalue weighted by Crippen LogP contribution is -2.28. The van der Waals surface area contributed by atoms with Crippen molar-refractivity contribution in [3.05, 3.63) is 76.2 Å².